The first-order chi connectivity index (χ1) is 19.4. The molecule has 1 saturated carbocycles. The van der Waals surface area contributed by atoms with Gasteiger partial charge in [0.05, 0.1) is 18.2 Å². The molecule has 0 radical (unpaired) electrons. The first kappa shape index (κ1) is 29.7. The molecular formula is C32H45FN4O4. The second-order valence-electron chi connectivity index (χ2n) is 13.4. The maximum Gasteiger partial charge on any atom is 0.217 e. The van der Waals surface area contributed by atoms with Crippen molar-refractivity contribution in [1.29, 1.82) is 0 Å². The molecule has 3 aliphatic rings. The van der Waals surface area contributed by atoms with Crippen LogP contribution >= 0.6 is 0 Å². The minimum absolute atomic E-state index is 0.0301. The van der Waals surface area contributed by atoms with Gasteiger partial charge >= 0.3 is 0 Å². The molecule has 2 aliphatic heterocycles. The number of hydrogen-bond donors (Lipinski definition) is 3. The summed E-state index contributed by atoms with van der Waals surface area (Å²) in [7, 11) is 1.75. The van der Waals surface area contributed by atoms with Crippen molar-refractivity contribution in [2.24, 2.45) is 5.41 Å². The molecule has 3 atom stereocenters. The average molecular weight is 569 g/mol. The number of ether oxygens (including phenoxy) is 2. The van der Waals surface area contributed by atoms with Crippen LogP contribution in [0.2, 0.25) is 0 Å². The van der Waals surface area contributed by atoms with Gasteiger partial charge in [0.1, 0.15) is 11.4 Å². The van der Waals surface area contributed by atoms with E-state index in [0.717, 1.165) is 73.6 Å². The number of aliphatic hydroxyl groups is 1. The van der Waals surface area contributed by atoms with Crippen molar-refractivity contribution in [3.63, 3.8) is 0 Å². The van der Waals surface area contributed by atoms with Gasteiger partial charge in [0.15, 0.2) is 11.6 Å². The van der Waals surface area contributed by atoms with Gasteiger partial charge in [-0.2, -0.15) is 0 Å². The van der Waals surface area contributed by atoms with Crippen LogP contribution < -0.4 is 20.3 Å². The standard InChI is InChI=1S/C32H45FN4O4/c1-20(38)35-26(13-21-7-9-22(33)10-8-21)28(39)17-34-27-16-32(11-6-12-32)41-29-25(27)14-23(15-31(2,3)4)36-30(29)37-18-24(19-37)40-5/h7-10,14,24,26-28,34,39H,6,11-13,15-19H2,1-5H3,(H,35,38)/t26-,27-,28+/m0/s1. The lowest BCUT2D eigenvalue weighted by molar-refractivity contribution is -0.120. The van der Waals surface area contributed by atoms with E-state index in [1.54, 1.807) is 19.2 Å². The largest absolute Gasteiger partial charge is 0.483 e. The van der Waals surface area contributed by atoms with Crippen molar-refractivity contribution in [2.45, 2.75) is 96.1 Å². The van der Waals surface area contributed by atoms with Gasteiger partial charge in [0.2, 0.25) is 5.91 Å². The second kappa shape index (κ2) is 11.9. The normalized spacial score (nSPS) is 21.3. The molecule has 3 N–H and O–H groups in total. The fraction of sp³-hybridized carbons (Fsp3) is 0.625. The number of aromatic nitrogens is 1. The van der Waals surface area contributed by atoms with Crippen LogP contribution in [-0.2, 0) is 22.4 Å². The molecule has 2 aromatic rings. The minimum Gasteiger partial charge on any atom is -0.483 e. The topological polar surface area (TPSA) is 96.0 Å². The third-order valence-electron chi connectivity index (χ3n) is 8.56. The van der Waals surface area contributed by atoms with E-state index in [1.165, 1.54) is 19.1 Å². The highest BCUT2D eigenvalue weighted by Crippen LogP contribution is 2.52. The van der Waals surface area contributed by atoms with Crippen molar-refractivity contribution in [3.8, 4) is 5.75 Å². The Hall–Kier alpha value is -2.75. The molecule has 3 heterocycles. The highest BCUT2D eigenvalue weighted by Gasteiger charge is 2.48. The number of aliphatic hydroxyl groups excluding tert-OH is 1. The van der Waals surface area contributed by atoms with E-state index in [9.17, 15) is 14.3 Å². The van der Waals surface area contributed by atoms with Crippen molar-refractivity contribution in [3.05, 3.63) is 53.0 Å². The maximum absolute atomic E-state index is 13.4. The fourth-order valence-electron chi connectivity index (χ4n) is 6.19. The first-order valence-corrected chi connectivity index (χ1v) is 14.9. The monoisotopic (exact) mass is 568 g/mol. The molecule has 224 valence electrons. The Bertz CT molecular complexity index is 1220. The number of pyridine rings is 1. The van der Waals surface area contributed by atoms with Crippen LogP contribution in [0.1, 0.15) is 76.2 Å². The lowest BCUT2D eigenvalue weighted by Crippen LogP contribution is -2.54. The van der Waals surface area contributed by atoms with Crippen LogP contribution in [0.3, 0.4) is 0 Å². The third-order valence-corrected chi connectivity index (χ3v) is 8.56. The quantitative estimate of drug-likeness (QED) is 0.397. The molecule has 1 aromatic heterocycles. The Morgan fingerprint density at radius 2 is 1.98 bits per heavy atom. The van der Waals surface area contributed by atoms with Crippen LogP contribution in [0.15, 0.2) is 30.3 Å². The van der Waals surface area contributed by atoms with E-state index < -0.39 is 12.1 Å². The number of carbonyl (C=O) groups is 1. The zero-order chi connectivity index (χ0) is 29.4. The van der Waals surface area contributed by atoms with Crippen molar-refractivity contribution in [1.82, 2.24) is 15.6 Å². The molecule has 2 fully saturated rings. The van der Waals surface area contributed by atoms with Crippen LogP contribution in [-0.4, -0.2) is 66.6 Å². The molecular weight excluding hydrogens is 523 g/mol. The summed E-state index contributed by atoms with van der Waals surface area (Å²) in [6, 6.07) is 7.81. The number of anilines is 1. The molecule has 5 rings (SSSR count). The lowest BCUT2D eigenvalue weighted by atomic mass is 9.72. The number of fused-ring (bicyclic) bond motifs is 1. The van der Waals surface area contributed by atoms with Gasteiger partial charge in [-0.05, 0) is 61.3 Å². The molecule has 1 amide bonds. The SMILES string of the molecule is COC1CN(c2nc(CC(C)(C)C)cc3c2OC2(CCC2)C[C@@H]3NC[C@@H](O)[C@H](Cc2ccc(F)cc2)NC(C)=O)C1. The predicted molar refractivity (Wildman–Crippen MR) is 157 cm³/mol. The molecule has 9 heteroatoms. The van der Waals surface area contributed by atoms with Crippen LogP contribution in [0, 0.1) is 11.2 Å². The van der Waals surface area contributed by atoms with E-state index in [2.05, 4.69) is 42.4 Å². The number of nitrogens with zero attached hydrogens (tertiary/aromatic N) is 2. The van der Waals surface area contributed by atoms with E-state index in [4.69, 9.17) is 14.5 Å². The highest BCUT2D eigenvalue weighted by atomic mass is 19.1. The summed E-state index contributed by atoms with van der Waals surface area (Å²) in [5, 5.41) is 17.8. The number of carbonyl (C=O) groups excluding carboxylic acids is 1. The van der Waals surface area contributed by atoms with Gasteiger partial charge in [-0.3, -0.25) is 4.79 Å². The van der Waals surface area contributed by atoms with Gasteiger partial charge in [0, 0.05) is 57.4 Å². The molecule has 1 aliphatic carbocycles. The highest BCUT2D eigenvalue weighted by molar-refractivity contribution is 5.73. The molecule has 1 aromatic carbocycles. The first-order valence-electron chi connectivity index (χ1n) is 14.9. The van der Waals surface area contributed by atoms with E-state index >= 15 is 0 Å². The maximum atomic E-state index is 13.4. The summed E-state index contributed by atoms with van der Waals surface area (Å²) < 4.78 is 25.8. The summed E-state index contributed by atoms with van der Waals surface area (Å²) in [4.78, 5) is 19.4. The van der Waals surface area contributed by atoms with Gasteiger partial charge in [0.25, 0.3) is 0 Å². The van der Waals surface area contributed by atoms with Gasteiger partial charge < -0.3 is 30.1 Å². The number of nitrogens with one attached hydrogen (secondary N) is 2. The van der Waals surface area contributed by atoms with Crippen molar-refractivity contribution < 1.29 is 23.8 Å². The Morgan fingerprint density at radius 3 is 2.56 bits per heavy atom. The summed E-state index contributed by atoms with van der Waals surface area (Å²) in [5.74, 6) is 1.21. The van der Waals surface area contributed by atoms with Gasteiger partial charge in [-0.15, -0.1) is 0 Å². The molecule has 8 nitrogen and oxygen atoms in total. The Balaban J connectivity index is 1.40. The predicted octanol–water partition coefficient (Wildman–Crippen LogP) is 4.09. The smallest absolute Gasteiger partial charge is 0.217 e. The van der Waals surface area contributed by atoms with Gasteiger partial charge in [-0.1, -0.05) is 32.9 Å². The third kappa shape index (κ3) is 7.01. The van der Waals surface area contributed by atoms with Crippen LogP contribution in [0.5, 0.6) is 5.75 Å². The fourth-order valence-corrected chi connectivity index (χ4v) is 6.19. The number of benzene rings is 1. The van der Waals surface area contributed by atoms with Crippen LogP contribution in [0.25, 0.3) is 0 Å². The minimum atomic E-state index is -0.846. The Morgan fingerprint density at radius 1 is 1.27 bits per heavy atom. The van der Waals surface area contributed by atoms with Gasteiger partial charge in [-0.25, -0.2) is 9.37 Å². The number of hydrogen-bond acceptors (Lipinski definition) is 7. The zero-order valence-corrected chi connectivity index (χ0v) is 25.0. The van der Waals surface area contributed by atoms with Crippen LogP contribution in [0.4, 0.5) is 10.2 Å². The summed E-state index contributed by atoms with van der Waals surface area (Å²) in [5.41, 5.74) is 2.79. The number of halogens is 1. The van der Waals surface area contributed by atoms with E-state index in [1.807, 2.05) is 0 Å². The Kier molecular flexibility index (Phi) is 8.60. The summed E-state index contributed by atoms with van der Waals surface area (Å²) >= 11 is 0. The molecule has 0 unspecified atom stereocenters. The molecule has 41 heavy (non-hydrogen) atoms. The second-order valence-corrected chi connectivity index (χ2v) is 13.4. The molecule has 1 spiro atoms. The Labute approximate surface area is 243 Å². The molecule has 0 bridgehead atoms. The summed E-state index contributed by atoms with van der Waals surface area (Å²) in [6.07, 6.45) is 4.51. The lowest BCUT2D eigenvalue weighted by Gasteiger charge is -2.50. The number of rotatable bonds is 10. The van der Waals surface area contributed by atoms with Crippen molar-refractivity contribution >= 4 is 11.7 Å². The number of methoxy groups -OCH3 is 1. The zero-order valence-electron chi connectivity index (χ0n) is 25.0. The van der Waals surface area contributed by atoms with E-state index in [-0.39, 0.29) is 41.4 Å². The average Bonchev–Trinajstić information content (AvgIpc) is 2.85. The van der Waals surface area contributed by atoms with Crippen molar-refractivity contribution in [2.75, 3.05) is 31.6 Å². The summed E-state index contributed by atoms with van der Waals surface area (Å²) in [6.45, 7) is 9.94. The van der Waals surface area contributed by atoms with E-state index in [0.29, 0.717) is 6.42 Å². The molecule has 1 saturated heterocycles. The number of amides is 1.